The molecule has 104 valence electrons. The average Bonchev–Trinajstić information content (AvgIpc) is 3.13. The summed E-state index contributed by atoms with van der Waals surface area (Å²) in [5, 5.41) is 3.83. The van der Waals surface area contributed by atoms with E-state index in [4.69, 9.17) is 0 Å². The fraction of sp³-hybridized carbons (Fsp3) is 0.647. The normalized spacial score (nSPS) is 23.4. The Hall–Kier alpha value is -0.860. The van der Waals surface area contributed by atoms with Crippen LogP contribution in [0.5, 0.6) is 0 Å². The highest BCUT2D eigenvalue weighted by Gasteiger charge is 2.32. The van der Waals surface area contributed by atoms with E-state index in [1.807, 2.05) is 0 Å². The molecule has 1 N–H and O–H groups in total. The number of benzene rings is 1. The third-order valence-electron chi connectivity index (χ3n) is 4.65. The highest BCUT2D eigenvalue weighted by Crippen LogP contribution is 2.40. The molecule has 1 heterocycles. The first-order chi connectivity index (χ1) is 9.34. The molecule has 1 aromatic rings. The molecule has 0 amide bonds. The Morgan fingerprint density at radius 1 is 1.16 bits per heavy atom. The summed E-state index contributed by atoms with van der Waals surface area (Å²) in [5.74, 6) is 0.869. The van der Waals surface area contributed by atoms with Gasteiger partial charge in [-0.25, -0.2) is 0 Å². The molecule has 1 saturated carbocycles. The van der Waals surface area contributed by atoms with Gasteiger partial charge in [-0.1, -0.05) is 30.3 Å². The predicted molar refractivity (Wildman–Crippen MR) is 80.2 cm³/mol. The molecule has 2 heteroatoms. The molecule has 2 unspecified atom stereocenters. The van der Waals surface area contributed by atoms with E-state index in [9.17, 15) is 0 Å². The molecule has 0 radical (unpaired) electrons. The molecule has 3 rings (SSSR count). The monoisotopic (exact) mass is 258 g/mol. The van der Waals surface area contributed by atoms with Crippen LogP contribution in [0.1, 0.15) is 44.2 Å². The Bertz CT molecular complexity index is 380. The molecule has 1 aromatic carbocycles. The lowest BCUT2D eigenvalue weighted by Gasteiger charge is -2.27. The lowest BCUT2D eigenvalue weighted by Crippen LogP contribution is -2.40. The lowest BCUT2D eigenvalue weighted by atomic mass is 10.0. The van der Waals surface area contributed by atoms with Crippen molar-refractivity contribution in [3.63, 3.8) is 0 Å². The molecular formula is C17H26N2. The van der Waals surface area contributed by atoms with E-state index < -0.39 is 0 Å². The van der Waals surface area contributed by atoms with Crippen LogP contribution in [0.25, 0.3) is 0 Å². The van der Waals surface area contributed by atoms with Crippen molar-refractivity contribution in [1.82, 2.24) is 10.2 Å². The van der Waals surface area contributed by atoms with E-state index >= 15 is 0 Å². The molecule has 1 saturated heterocycles. The van der Waals surface area contributed by atoms with E-state index in [1.165, 1.54) is 44.3 Å². The number of likely N-dealkylation sites (tertiary alicyclic amines) is 1. The standard InChI is InChI=1S/C17H26N2/c1-14(19-11-5-6-12-19)13-18-17(16-9-10-16)15-7-3-2-4-8-15/h2-4,7-8,14,16-18H,5-6,9-13H2,1H3. The van der Waals surface area contributed by atoms with Gasteiger partial charge in [-0.3, -0.25) is 4.90 Å². The van der Waals surface area contributed by atoms with Crippen LogP contribution in [0, 0.1) is 5.92 Å². The summed E-state index contributed by atoms with van der Waals surface area (Å²) in [6.07, 6.45) is 5.56. The van der Waals surface area contributed by atoms with Crippen LogP contribution < -0.4 is 5.32 Å². The largest absolute Gasteiger partial charge is 0.308 e. The van der Waals surface area contributed by atoms with Gasteiger partial charge < -0.3 is 5.32 Å². The van der Waals surface area contributed by atoms with Crippen molar-refractivity contribution in [1.29, 1.82) is 0 Å². The zero-order chi connectivity index (χ0) is 13.1. The highest BCUT2D eigenvalue weighted by atomic mass is 15.2. The first-order valence-corrected chi connectivity index (χ1v) is 7.87. The second-order valence-electron chi connectivity index (χ2n) is 6.23. The third kappa shape index (κ3) is 3.37. The van der Waals surface area contributed by atoms with Gasteiger partial charge >= 0.3 is 0 Å². The second-order valence-corrected chi connectivity index (χ2v) is 6.23. The predicted octanol–water partition coefficient (Wildman–Crippen LogP) is 3.21. The molecule has 1 aliphatic carbocycles. The van der Waals surface area contributed by atoms with Crippen LogP contribution in [0.3, 0.4) is 0 Å². The maximum Gasteiger partial charge on any atom is 0.0349 e. The topological polar surface area (TPSA) is 15.3 Å². The van der Waals surface area contributed by atoms with Crippen LogP contribution in [0.2, 0.25) is 0 Å². The third-order valence-corrected chi connectivity index (χ3v) is 4.65. The zero-order valence-corrected chi connectivity index (χ0v) is 12.0. The maximum atomic E-state index is 3.83. The van der Waals surface area contributed by atoms with Crippen molar-refractivity contribution in [3.05, 3.63) is 35.9 Å². The van der Waals surface area contributed by atoms with Gasteiger partial charge in [0.1, 0.15) is 0 Å². The Morgan fingerprint density at radius 3 is 2.47 bits per heavy atom. The molecule has 2 nitrogen and oxygen atoms in total. The molecule has 2 atom stereocenters. The average molecular weight is 258 g/mol. The van der Waals surface area contributed by atoms with E-state index in [2.05, 4.69) is 47.5 Å². The summed E-state index contributed by atoms with van der Waals surface area (Å²) in [4.78, 5) is 2.63. The summed E-state index contributed by atoms with van der Waals surface area (Å²) in [5.41, 5.74) is 1.47. The van der Waals surface area contributed by atoms with Gasteiger partial charge in [0.2, 0.25) is 0 Å². The van der Waals surface area contributed by atoms with Crippen LogP contribution in [-0.4, -0.2) is 30.6 Å². The van der Waals surface area contributed by atoms with Gasteiger partial charge in [-0.05, 0) is 57.2 Å². The van der Waals surface area contributed by atoms with Gasteiger partial charge in [0.15, 0.2) is 0 Å². The molecule has 0 spiro atoms. The van der Waals surface area contributed by atoms with E-state index in [0.29, 0.717) is 12.1 Å². The number of hydrogen-bond donors (Lipinski definition) is 1. The number of nitrogens with one attached hydrogen (secondary N) is 1. The minimum atomic E-state index is 0.575. The Morgan fingerprint density at radius 2 is 1.84 bits per heavy atom. The number of hydrogen-bond acceptors (Lipinski definition) is 2. The van der Waals surface area contributed by atoms with Crippen molar-refractivity contribution in [2.45, 2.75) is 44.7 Å². The number of nitrogens with zero attached hydrogens (tertiary/aromatic N) is 1. The van der Waals surface area contributed by atoms with Gasteiger partial charge in [0, 0.05) is 18.6 Å². The summed E-state index contributed by atoms with van der Waals surface area (Å²) in [6.45, 7) is 6.08. The van der Waals surface area contributed by atoms with Gasteiger partial charge in [0.25, 0.3) is 0 Å². The van der Waals surface area contributed by atoms with Crippen molar-refractivity contribution < 1.29 is 0 Å². The van der Waals surface area contributed by atoms with Crippen LogP contribution in [0.4, 0.5) is 0 Å². The smallest absolute Gasteiger partial charge is 0.0349 e. The van der Waals surface area contributed by atoms with Gasteiger partial charge in [-0.15, -0.1) is 0 Å². The fourth-order valence-corrected chi connectivity index (χ4v) is 3.26. The molecule has 1 aliphatic heterocycles. The molecule has 0 aromatic heterocycles. The van der Waals surface area contributed by atoms with Crippen LogP contribution in [-0.2, 0) is 0 Å². The van der Waals surface area contributed by atoms with Gasteiger partial charge in [-0.2, -0.15) is 0 Å². The zero-order valence-electron chi connectivity index (χ0n) is 12.0. The maximum absolute atomic E-state index is 3.83. The Balaban J connectivity index is 1.56. The van der Waals surface area contributed by atoms with Crippen molar-refractivity contribution in [2.75, 3.05) is 19.6 Å². The van der Waals surface area contributed by atoms with Crippen LogP contribution in [0.15, 0.2) is 30.3 Å². The quantitative estimate of drug-likeness (QED) is 0.843. The minimum Gasteiger partial charge on any atom is -0.308 e. The number of rotatable bonds is 6. The molecule has 2 fully saturated rings. The van der Waals surface area contributed by atoms with E-state index in [-0.39, 0.29) is 0 Å². The first-order valence-electron chi connectivity index (χ1n) is 7.87. The van der Waals surface area contributed by atoms with Crippen molar-refractivity contribution in [2.24, 2.45) is 5.92 Å². The Kier molecular flexibility index (Phi) is 4.19. The molecular weight excluding hydrogens is 232 g/mol. The SMILES string of the molecule is CC(CNC(c1ccccc1)C1CC1)N1CCCC1. The van der Waals surface area contributed by atoms with Crippen molar-refractivity contribution >= 4 is 0 Å². The van der Waals surface area contributed by atoms with Crippen LogP contribution >= 0.6 is 0 Å². The van der Waals surface area contributed by atoms with Crippen molar-refractivity contribution in [3.8, 4) is 0 Å². The summed E-state index contributed by atoms with van der Waals surface area (Å²) < 4.78 is 0. The fourth-order valence-electron chi connectivity index (χ4n) is 3.26. The van der Waals surface area contributed by atoms with Gasteiger partial charge in [0.05, 0.1) is 0 Å². The lowest BCUT2D eigenvalue weighted by molar-refractivity contribution is 0.243. The second kappa shape index (κ2) is 6.06. The summed E-state index contributed by atoms with van der Waals surface area (Å²) in [6, 6.07) is 12.2. The summed E-state index contributed by atoms with van der Waals surface area (Å²) in [7, 11) is 0. The summed E-state index contributed by atoms with van der Waals surface area (Å²) >= 11 is 0. The molecule has 19 heavy (non-hydrogen) atoms. The van der Waals surface area contributed by atoms with E-state index in [0.717, 1.165) is 12.5 Å². The Labute approximate surface area is 117 Å². The molecule has 2 aliphatic rings. The van der Waals surface area contributed by atoms with E-state index in [1.54, 1.807) is 0 Å². The molecule has 0 bridgehead atoms. The highest BCUT2D eigenvalue weighted by molar-refractivity contribution is 5.21. The first kappa shape index (κ1) is 13.1. The minimum absolute atomic E-state index is 0.575.